The molecular weight excluding hydrogens is 160 g/mol. The molecule has 1 rings (SSSR count). The predicted molar refractivity (Wildman–Crippen MR) is 55.9 cm³/mol. The smallest absolute Gasteiger partial charge is 0.109 e. The predicted octanol–water partition coefficient (Wildman–Crippen LogP) is 3.70. The van der Waals surface area contributed by atoms with E-state index < -0.39 is 0 Å². The van der Waals surface area contributed by atoms with Crippen LogP contribution in [0, 0.1) is 0 Å². The zero-order chi connectivity index (χ0) is 9.90. The summed E-state index contributed by atoms with van der Waals surface area (Å²) in [5.74, 6) is 2.12. The van der Waals surface area contributed by atoms with Gasteiger partial charge in [-0.3, -0.25) is 0 Å². The van der Waals surface area contributed by atoms with Gasteiger partial charge >= 0.3 is 0 Å². The summed E-state index contributed by atoms with van der Waals surface area (Å²) < 4.78 is 5.70. The Bertz CT molecular complexity index is 276. The Hall–Kier alpha value is -0.980. The fraction of sp³-hybridized carbons (Fsp3) is 0.500. The van der Waals surface area contributed by atoms with Crippen molar-refractivity contribution in [1.29, 1.82) is 0 Å². The summed E-state index contributed by atoms with van der Waals surface area (Å²) in [6.45, 7) is 10.2. The third-order valence-electron chi connectivity index (χ3n) is 2.00. The molecule has 1 aromatic heterocycles. The molecule has 0 aliphatic rings. The summed E-state index contributed by atoms with van der Waals surface area (Å²) in [5.41, 5.74) is 0.117. The van der Waals surface area contributed by atoms with Crippen LogP contribution in [-0.2, 0) is 11.8 Å². The van der Waals surface area contributed by atoms with Gasteiger partial charge in [-0.25, -0.2) is 0 Å². The Balaban J connectivity index is 2.69. The Labute approximate surface area is 80.5 Å². The fourth-order valence-electron chi connectivity index (χ4n) is 1.16. The fourth-order valence-corrected chi connectivity index (χ4v) is 1.16. The second-order valence-electron chi connectivity index (χ2n) is 4.34. The van der Waals surface area contributed by atoms with Crippen LogP contribution in [0.5, 0.6) is 0 Å². The lowest BCUT2D eigenvalue weighted by atomic mass is 9.94. The quantitative estimate of drug-likeness (QED) is 0.643. The van der Waals surface area contributed by atoms with Crippen molar-refractivity contribution < 1.29 is 4.42 Å². The number of hydrogen-bond acceptors (Lipinski definition) is 1. The molecule has 0 bridgehead atoms. The highest BCUT2D eigenvalue weighted by Crippen LogP contribution is 2.24. The van der Waals surface area contributed by atoms with Crippen molar-refractivity contribution in [2.75, 3.05) is 0 Å². The third-order valence-corrected chi connectivity index (χ3v) is 2.00. The lowest BCUT2D eigenvalue weighted by Crippen LogP contribution is -2.09. The maximum atomic E-state index is 5.70. The average Bonchev–Trinajstić information content (AvgIpc) is 2.47. The zero-order valence-corrected chi connectivity index (χ0v) is 8.76. The SMILES string of the molecule is C=CCCc1ccc(C(C)(C)C)o1. The van der Waals surface area contributed by atoms with Gasteiger partial charge in [0.25, 0.3) is 0 Å². The van der Waals surface area contributed by atoms with E-state index in [1.807, 2.05) is 6.08 Å². The van der Waals surface area contributed by atoms with E-state index in [4.69, 9.17) is 4.42 Å². The first-order valence-corrected chi connectivity index (χ1v) is 4.74. The molecule has 0 saturated heterocycles. The molecule has 0 spiro atoms. The highest BCUT2D eigenvalue weighted by atomic mass is 16.3. The van der Waals surface area contributed by atoms with Crippen LogP contribution in [0.2, 0.25) is 0 Å². The monoisotopic (exact) mass is 178 g/mol. The van der Waals surface area contributed by atoms with Crippen LogP contribution in [0.3, 0.4) is 0 Å². The van der Waals surface area contributed by atoms with E-state index in [9.17, 15) is 0 Å². The molecular formula is C12H18O. The summed E-state index contributed by atoms with van der Waals surface area (Å²) in [6.07, 6.45) is 3.86. The van der Waals surface area contributed by atoms with Gasteiger partial charge in [0.15, 0.2) is 0 Å². The standard InChI is InChI=1S/C12H18O/c1-5-6-7-10-8-9-11(13-10)12(2,3)4/h5,8-9H,1,6-7H2,2-4H3. The van der Waals surface area contributed by atoms with Gasteiger partial charge in [-0.1, -0.05) is 26.8 Å². The molecule has 1 heteroatoms. The molecule has 13 heavy (non-hydrogen) atoms. The molecule has 0 amide bonds. The minimum absolute atomic E-state index is 0.117. The van der Waals surface area contributed by atoms with E-state index in [0.717, 1.165) is 24.4 Å². The van der Waals surface area contributed by atoms with Crippen molar-refractivity contribution in [2.45, 2.75) is 39.0 Å². The first-order chi connectivity index (χ1) is 6.04. The van der Waals surface area contributed by atoms with Gasteiger partial charge in [0.1, 0.15) is 11.5 Å². The van der Waals surface area contributed by atoms with Crippen LogP contribution in [0.25, 0.3) is 0 Å². The number of hydrogen-bond donors (Lipinski definition) is 0. The number of furan rings is 1. The van der Waals surface area contributed by atoms with Gasteiger partial charge < -0.3 is 4.42 Å². The summed E-state index contributed by atoms with van der Waals surface area (Å²) in [4.78, 5) is 0. The first kappa shape index (κ1) is 10.1. The molecule has 72 valence electrons. The molecule has 0 aromatic carbocycles. The molecule has 1 aromatic rings. The van der Waals surface area contributed by atoms with Crippen molar-refractivity contribution in [2.24, 2.45) is 0 Å². The molecule has 0 saturated carbocycles. The largest absolute Gasteiger partial charge is 0.466 e. The van der Waals surface area contributed by atoms with E-state index >= 15 is 0 Å². The van der Waals surface area contributed by atoms with Crippen LogP contribution in [0.4, 0.5) is 0 Å². The summed E-state index contributed by atoms with van der Waals surface area (Å²) in [7, 11) is 0. The highest BCUT2D eigenvalue weighted by Gasteiger charge is 2.17. The topological polar surface area (TPSA) is 13.1 Å². The van der Waals surface area contributed by atoms with E-state index in [0.29, 0.717) is 0 Å². The Kier molecular flexibility index (Phi) is 2.97. The molecule has 0 fully saturated rings. The summed E-state index contributed by atoms with van der Waals surface area (Å²) in [5, 5.41) is 0. The maximum absolute atomic E-state index is 5.70. The Morgan fingerprint density at radius 2 is 2.08 bits per heavy atom. The van der Waals surface area contributed by atoms with Crippen molar-refractivity contribution >= 4 is 0 Å². The number of allylic oxidation sites excluding steroid dienone is 1. The first-order valence-electron chi connectivity index (χ1n) is 4.74. The van der Waals surface area contributed by atoms with Gasteiger partial charge in [0.2, 0.25) is 0 Å². The molecule has 1 heterocycles. The van der Waals surface area contributed by atoms with Crippen LogP contribution >= 0.6 is 0 Å². The highest BCUT2D eigenvalue weighted by molar-refractivity contribution is 5.14. The van der Waals surface area contributed by atoms with E-state index in [1.165, 1.54) is 0 Å². The van der Waals surface area contributed by atoms with Gasteiger partial charge in [-0.2, -0.15) is 0 Å². The summed E-state index contributed by atoms with van der Waals surface area (Å²) >= 11 is 0. The molecule has 0 N–H and O–H groups in total. The number of aryl methyl sites for hydroxylation is 1. The lowest BCUT2D eigenvalue weighted by molar-refractivity contribution is 0.386. The van der Waals surface area contributed by atoms with Gasteiger partial charge in [0.05, 0.1) is 0 Å². The van der Waals surface area contributed by atoms with Crippen molar-refractivity contribution in [3.05, 3.63) is 36.3 Å². The molecule has 0 aliphatic heterocycles. The second-order valence-corrected chi connectivity index (χ2v) is 4.34. The summed E-state index contributed by atoms with van der Waals surface area (Å²) in [6, 6.07) is 4.13. The maximum Gasteiger partial charge on any atom is 0.109 e. The van der Waals surface area contributed by atoms with Gasteiger partial charge in [0, 0.05) is 11.8 Å². The van der Waals surface area contributed by atoms with E-state index in [-0.39, 0.29) is 5.41 Å². The van der Waals surface area contributed by atoms with E-state index in [1.54, 1.807) is 0 Å². The minimum atomic E-state index is 0.117. The van der Waals surface area contributed by atoms with Crippen LogP contribution in [0.1, 0.15) is 38.7 Å². The van der Waals surface area contributed by atoms with Crippen molar-refractivity contribution in [3.63, 3.8) is 0 Å². The van der Waals surface area contributed by atoms with Crippen LogP contribution in [0.15, 0.2) is 29.2 Å². The van der Waals surface area contributed by atoms with Crippen molar-refractivity contribution in [1.82, 2.24) is 0 Å². The molecule has 0 atom stereocenters. The van der Waals surface area contributed by atoms with Crippen molar-refractivity contribution in [3.8, 4) is 0 Å². The second kappa shape index (κ2) is 3.82. The minimum Gasteiger partial charge on any atom is -0.466 e. The average molecular weight is 178 g/mol. The Morgan fingerprint density at radius 3 is 2.54 bits per heavy atom. The molecule has 0 unspecified atom stereocenters. The van der Waals surface area contributed by atoms with Gasteiger partial charge in [-0.05, 0) is 18.6 Å². The zero-order valence-electron chi connectivity index (χ0n) is 8.76. The molecule has 1 nitrogen and oxygen atoms in total. The third kappa shape index (κ3) is 2.76. The van der Waals surface area contributed by atoms with Crippen LogP contribution in [-0.4, -0.2) is 0 Å². The normalized spacial score (nSPS) is 11.6. The number of rotatable bonds is 3. The lowest BCUT2D eigenvalue weighted by Gasteiger charge is -2.14. The Morgan fingerprint density at radius 1 is 1.38 bits per heavy atom. The van der Waals surface area contributed by atoms with E-state index in [2.05, 4.69) is 39.5 Å². The molecule has 0 radical (unpaired) electrons. The molecule has 0 aliphatic carbocycles. The van der Waals surface area contributed by atoms with Crippen LogP contribution < -0.4 is 0 Å². The van der Waals surface area contributed by atoms with Gasteiger partial charge in [-0.15, -0.1) is 6.58 Å².